The summed E-state index contributed by atoms with van der Waals surface area (Å²) in [5.74, 6) is 1.09. The average Bonchev–Trinajstić information content (AvgIpc) is 3.32. The molecule has 0 spiro atoms. The van der Waals surface area contributed by atoms with Crippen LogP contribution in [0.1, 0.15) is 67.3 Å². The van der Waals surface area contributed by atoms with Crippen molar-refractivity contribution >= 4 is 28.9 Å². The smallest absolute Gasteiger partial charge is 0.102 e. The van der Waals surface area contributed by atoms with Gasteiger partial charge in [0, 0.05) is 22.2 Å². The summed E-state index contributed by atoms with van der Waals surface area (Å²) in [7, 11) is 0. The standard InChI is InChI=1S/C31H36Cl2N2/c1-19(2)11-14-28(32)25(23(6)35-29-10-8-9-22(5)26(29)18-34)12-13-27-30(31(27,7)33)24-16-20(3)15-21(4)17-24/h8-10,12,14-17,19,27,30,35H,6,11,13H2,1-5,7H3/b25-12-,28-14+/t27-,30?,31?/m0/s1. The van der Waals surface area contributed by atoms with Crippen LogP contribution in [0.15, 0.2) is 71.4 Å². The summed E-state index contributed by atoms with van der Waals surface area (Å²) in [5.41, 5.74) is 7.63. The molecule has 2 aromatic rings. The molecule has 1 saturated carbocycles. The molecule has 2 nitrogen and oxygen atoms in total. The van der Waals surface area contributed by atoms with E-state index in [1.807, 2.05) is 25.1 Å². The summed E-state index contributed by atoms with van der Waals surface area (Å²) >= 11 is 13.8. The van der Waals surface area contributed by atoms with Crippen molar-refractivity contribution in [2.75, 3.05) is 5.32 Å². The predicted octanol–water partition coefficient (Wildman–Crippen LogP) is 9.31. The van der Waals surface area contributed by atoms with Gasteiger partial charge in [-0.2, -0.15) is 5.26 Å². The van der Waals surface area contributed by atoms with Crippen LogP contribution in [0.25, 0.3) is 0 Å². The zero-order chi connectivity index (χ0) is 25.9. The van der Waals surface area contributed by atoms with Crippen molar-refractivity contribution in [1.29, 1.82) is 5.26 Å². The second-order valence-electron chi connectivity index (χ2n) is 10.4. The van der Waals surface area contributed by atoms with Gasteiger partial charge >= 0.3 is 0 Å². The van der Waals surface area contributed by atoms with Crippen LogP contribution in [0.5, 0.6) is 0 Å². The molecule has 3 rings (SSSR count). The zero-order valence-electron chi connectivity index (χ0n) is 21.7. The van der Waals surface area contributed by atoms with Crippen LogP contribution in [0.2, 0.25) is 0 Å². The topological polar surface area (TPSA) is 35.8 Å². The molecule has 0 aromatic heterocycles. The van der Waals surface area contributed by atoms with Crippen molar-refractivity contribution in [3.05, 3.63) is 99.2 Å². The largest absolute Gasteiger partial charge is 0.354 e. The van der Waals surface area contributed by atoms with Crippen LogP contribution in [0.3, 0.4) is 0 Å². The number of hydrogen-bond acceptors (Lipinski definition) is 2. The highest BCUT2D eigenvalue weighted by Gasteiger charge is 2.60. The van der Waals surface area contributed by atoms with Gasteiger partial charge < -0.3 is 5.32 Å². The fraction of sp³-hybridized carbons (Fsp3) is 0.387. The normalized spacial score (nSPS) is 22.2. The molecule has 184 valence electrons. The second-order valence-corrected chi connectivity index (χ2v) is 11.6. The zero-order valence-corrected chi connectivity index (χ0v) is 23.2. The summed E-state index contributed by atoms with van der Waals surface area (Å²) in [6, 6.07) is 14.7. The second kappa shape index (κ2) is 11.1. The minimum Gasteiger partial charge on any atom is -0.354 e. The first-order chi connectivity index (χ1) is 16.4. The number of aryl methyl sites for hydroxylation is 3. The number of hydrogen-bond donors (Lipinski definition) is 1. The van der Waals surface area contributed by atoms with E-state index in [4.69, 9.17) is 23.2 Å². The minimum atomic E-state index is -0.296. The quantitative estimate of drug-likeness (QED) is 0.271. The molecule has 2 unspecified atom stereocenters. The molecular weight excluding hydrogens is 471 g/mol. The van der Waals surface area contributed by atoms with Crippen molar-refractivity contribution < 1.29 is 0 Å². The molecule has 0 bridgehead atoms. The lowest BCUT2D eigenvalue weighted by Crippen LogP contribution is -2.05. The summed E-state index contributed by atoms with van der Waals surface area (Å²) < 4.78 is 0. The van der Waals surface area contributed by atoms with Crippen molar-refractivity contribution in [3.8, 4) is 6.07 Å². The minimum absolute atomic E-state index is 0.293. The van der Waals surface area contributed by atoms with Crippen LogP contribution in [0, 0.1) is 43.9 Å². The van der Waals surface area contributed by atoms with E-state index in [0.717, 1.165) is 29.7 Å². The Hall–Kier alpha value is -2.47. The maximum atomic E-state index is 9.64. The van der Waals surface area contributed by atoms with Crippen LogP contribution < -0.4 is 5.32 Å². The third kappa shape index (κ3) is 6.40. The van der Waals surface area contributed by atoms with Crippen LogP contribution in [-0.2, 0) is 0 Å². The SMILES string of the molecule is C=C(Nc1cccc(C)c1C#N)C(=C/C[C@H]1C(c2cc(C)cc(C)c2)C1(C)Cl)/C(Cl)=C\CC(C)C. The number of nitrogens with zero attached hydrogens (tertiary/aromatic N) is 1. The summed E-state index contributed by atoms with van der Waals surface area (Å²) in [5, 5.41) is 13.7. The molecule has 2 aromatic carbocycles. The molecule has 1 N–H and O–H groups in total. The van der Waals surface area contributed by atoms with Crippen molar-refractivity contribution in [1.82, 2.24) is 0 Å². The van der Waals surface area contributed by atoms with E-state index in [1.165, 1.54) is 16.7 Å². The Morgan fingerprint density at radius 2 is 1.83 bits per heavy atom. The van der Waals surface area contributed by atoms with E-state index >= 15 is 0 Å². The lowest BCUT2D eigenvalue weighted by Gasteiger charge is -2.16. The fourth-order valence-corrected chi connectivity index (χ4v) is 5.60. The van der Waals surface area contributed by atoms with Crippen LogP contribution in [0.4, 0.5) is 5.69 Å². The Labute approximate surface area is 221 Å². The van der Waals surface area contributed by atoms with E-state index in [0.29, 0.717) is 34.0 Å². The van der Waals surface area contributed by atoms with Crippen LogP contribution in [-0.4, -0.2) is 4.87 Å². The molecule has 1 aliphatic carbocycles. The van der Waals surface area contributed by atoms with Gasteiger partial charge in [0.2, 0.25) is 0 Å². The van der Waals surface area contributed by atoms with Gasteiger partial charge in [0.1, 0.15) is 6.07 Å². The molecule has 0 heterocycles. The Bertz CT molecular complexity index is 1190. The molecule has 1 aliphatic rings. The number of halogens is 2. The molecule has 3 atom stereocenters. The Morgan fingerprint density at radius 1 is 1.17 bits per heavy atom. The third-order valence-electron chi connectivity index (χ3n) is 6.83. The summed E-state index contributed by atoms with van der Waals surface area (Å²) in [6.07, 6.45) is 5.88. The van der Waals surface area contributed by atoms with Crippen LogP contribution >= 0.6 is 23.2 Å². The third-order valence-corrected chi connectivity index (χ3v) is 7.70. The number of rotatable bonds is 9. The summed E-state index contributed by atoms with van der Waals surface area (Å²) in [4.78, 5) is -0.296. The average molecular weight is 508 g/mol. The highest BCUT2D eigenvalue weighted by Crippen LogP contribution is 2.63. The maximum Gasteiger partial charge on any atom is 0.102 e. The molecule has 35 heavy (non-hydrogen) atoms. The first kappa shape index (κ1) is 27.1. The molecular formula is C31H36Cl2N2. The molecule has 4 heteroatoms. The van der Waals surface area contributed by atoms with Crippen molar-refractivity contribution in [2.45, 2.75) is 65.2 Å². The first-order valence-electron chi connectivity index (χ1n) is 12.2. The Morgan fingerprint density at radius 3 is 2.43 bits per heavy atom. The number of alkyl halides is 1. The van der Waals surface area contributed by atoms with Gasteiger partial charge in [-0.05, 0) is 69.6 Å². The predicted molar refractivity (Wildman–Crippen MR) is 151 cm³/mol. The fourth-order valence-electron chi connectivity index (χ4n) is 4.89. The van der Waals surface area contributed by atoms with E-state index in [2.05, 4.69) is 82.9 Å². The van der Waals surface area contributed by atoms with Gasteiger partial charge in [-0.1, -0.05) is 85.6 Å². The Balaban J connectivity index is 1.89. The number of nitrogens with one attached hydrogen (secondary N) is 1. The number of benzene rings is 2. The highest BCUT2D eigenvalue weighted by molar-refractivity contribution is 6.32. The maximum absolute atomic E-state index is 9.64. The van der Waals surface area contributed by atoms with Gasteiger partial charge in [0.05, 0.1) is 16.1 Å². The summed E-state index contributed by atoms with van der Waals surface area (Å²) in [6.45, 7) is 17.0. The van der Waals surface area contributed by atoms with Gasteiger partial charge in [0.25, 0.3) is 0 Å². The van der Waals surface area contributed by atoms with E-state index < -0.39 is 0 Å². The molecule has 0 saturated heterocycles. The number of nitriles is 1. The lowest BCUT2D eigenvalue weighted by molar-refractivity contribution is 0.663. The molecule has 1 fully saturated rings. The first-order valence-corrected chi connectivity index (χ1v) is 13.0. The Kier molecular flexibility index (Phi) is 8.58. The van der Waals surface area contributed by atoms with Crippen molar-refractivity contribution in [2.24, 2.45) is 11.8 Å². The monoisotopic (exact) mass is 506 g/mol. The molecule has 0 radical (unpaired) electrons. The number of allylic oxidation sites excluding steroid dienone is 3. The van der Waals surface area contributed by atoms with E-state index in [-0.39, 0.29) is 4.87 Å². The molecule has 0 amide bonds. The van der Waals surface area contributed by atoms with Gasteiger partial charge in [-0.25, -0.2) is 0 Å². The lowest BCUT2D eigenvalue weighted by atomic mass is 10.0. The van der Waals surface area contributed by atoms with E-state index in [1.54, 1.807) is 0 Å². The van der Waals surface area contributed by atoms with E-state index in [9.17, 15) is 5.26 Å². The van der Waals surface area contributed by atoms with Gasteiger partial charge in [-0.3, -0.25) is 0 Å². The number of anilines is 1. The molecule has 0 aliphatic heterocycles. The highest BCUT2D eigenvalue weighted by atomic mass is 35.5. The van der Waals surface area contributed by atoms with Gasteiger partial charge in [-0.15, -0.1) is 11.6 Å². The van der Waals surface area contributed by atoms with Crippen molar-refractivity contribution in [3.63, 3.8) is 0 Å². The van der Waals surface area contributed by atoms with Gasteiger partial charge in [0.15, 0.2) is 0 Å².